The second-order valence-corrected chi connectivity index (χ2v) is 17.9. The van der Waals surface area contributed by atoms with Crippen molar-refractivity contribution in [1.29, 1.82) is 0 Å². The van der Waals surface area contributed by atoms with Gasteiger partial charge < -0.3 is 48.5 Å². The van der Waals surface area contributed by atoms with Crippen LogP contribution in [0.3, 0.4) is 0 Å². The van der Waals surface area contributed by atoms with Crippen LogP contribution in [0.4, 0.5) is 0 Å². The fraction of sp³-hybridized carbons (Fsp3) is 0.345. The van der Waals surface area contributed by atoms with Crippen molar-refractivity contribution in [2.75, 3.05) is 48.3 Å². The topological polar surface area (TPSA) is 125 Å². The van der Waals surface area contributed by atoms with Gasteiger partial charge in [-0.05, 0) is 105 Å². The molecule has 342 valence electrons. The maximum atomic E-state index is 11.2. The van der Waals surface area contributed by atoms with E-state index in [1.54, 1.807) is 28.4 Å². The van der Waals surface area contributed by atoms with Crippen LogP contribution < -0.4 is 14.2 Å². The average Bonchev–Trinajstić information content (AvgIpc) is 3.59. The van der Waals surface area contributed by atoms with Crippen molar-refractivity contribution in [1.82, 2.24) is 0 Å². The summed E-state index contributed by atoms with van der Waals surface area (Å²) in [6.45, 7) is 7.49. The summed E-state index contributed by atoms with van der Waals surface area (Å²) in [5.74, 6) is 2.02. The smallest absolute Gasteiger partial charge is 0.130 e. The van der Waals surface area contributed by atoms with Crippen molar-refractivity contribution in [3.63, 3.8) is 0 Å². The molecule has 2 unspecified atom stereocenters. The lowest BCUT2D eigenvalue weighted by Gasteiger charge is -2.34. The number of fused-ring (bicyclic) bond motifs is 3. The number of aliphatic hydroxyl groups is 2. The molecule has 0 amide bonds. The van der Waals surface area contributed by atoms with Crippen molar-refractivity contribution in [3.05, 3.63) is 166 Å². The number of rotatable bonds is 21. The van der Waals surface area contributed by atoms with E-state index in [0.717, 1.165) is 33.4 Å². The number of hydrogen-bond donors (Lipinski definition) is 3. The molecule has 0 aliphatic heterocycles. The first kappa shape index (κ1) is 47.2. The van der Waals surface area contributed by atoms with Gasteiger partial charge in [0.2, 0.25) is 0 Å². The lowest BCUT2D eigenvalue weighted by atomic mass is 9.68. The van der Waals surface area contributed by atoms with Crippen LogP contribution in [0.15, 0.2) is 121 Å². The number of ether oxygens (including phenoxy) is 7. The summed E-state index contributed by atoms with van der Waals surface area (Å²) in [6, 6.07) is 41.2. The van der Waals surface area contributed by atoms with Crippen molar-refractivity contribution in [2.24, 2.45) is 5.41 Å². The number of phenols is 1. The second kappa shape index (κ2) is 21.1. The minimum atomic E-state index is -0.958. The van der Waals surface area contributed by atoms with Crippen LogP contribution in [0.5, 0.6) is 23.0 Å². The van der Waals surface area contributed by atoms with E-state index in [0.29, 0.717) is 34.8 Å². The number of methoxy groups -OCH3 is 4. The summed E-state index contributed by atoms with van der Waals surface area (Å²) < 4.78 is 40.5. The maximum Gasteiger partial charge on any atom is 0.130 e. The van der Waals surface area contributed by atoms with Gasteiger partial charge in [-0.2, -0.15) is 0 Å². The number of hydrogen-bond acceptors (Lipinski definition) is 10. The molecule has 0 radical (unpaired) electrons. The van der Waals surface area contributed by atoms with E-state index >= 15 is 0 Å². The van der Waals surface area contributed by atoms with Crippen LogP contribution in [0.1, 0.15) is 71.7 Å². The van der Waals surface area contributed by atoms with Gasteiger partial charge in [-0.1, -0.05) is 93.6 Å². The van der Waals surface area contributed by atoms with E-state index < -0.39 is 17.6 Å². The van der Waals surface area contributed by atoms with Crippen LogP contribution in [0, 0.1) is 5.41 Å². The lowest BCUT2D eigenvalue weighted by molar-refractivity contribution is 0.0601. The zero-order valence-corrected chi connectivity index (χ0v) is 38.6. The third-order valence-corrected chi connectivity index (χ3v) is 11.7. The molecule has 0 saturated carbocycles. The van der Waals surface area contributed by atoms with E-state index in [4.69, 9.17) is 33.2 Å². The van der Waals surface area contributed by atoms with E-state index in [1.165, 1.54) is 22.3 Å². The molecule has 0 saturated heterocycles. The molecule has 0 spiro atoms. The Bertz CT molecular complexity index is 2410. The number of benzene rings is 6. The van der Waals surface area contributed by atoms with Crippen LogP contribution in [0.2, 0.25) is 0 Å². The first-order chi connectivity index (χ1) is 31.4. The minimum absolute atomic E-state index is 0.00197. The summed E-state index contributed by atoms with van der Waals surface area (Å²) in [5, 5.41) is 32.7. The molecule has 1 aliphatic rings. The molecule has 10 heteroatoms. The Morgan fingerprint density at radius 3 is 1.31 bits per heavy atom. The highest BCUT2D eigenvalue weighted by atomic mass is 16.5. The highest BCUT2D eigenvalue weighted by Gasteiger charge is 2.46. The van der Waals surface area contributed by atoms with E-state index in [2.05, 4.69) is 93.6 Å². The molecule has 6 aromatic carbocycles. The molecular weight excluding hydrogens is 821 g/mol. The molecule has 10 nitrogen and oxygen atoms in total. The van der Waals surface area contributed by atoms with Crippen LogP contribution >= 0.6 is 0 Å². The van der Waals surface area contributed by atoms with Gasteiger partial charge >= 0.3 is 0 Å². The van der Waals surface area contributed by atoms with Gasteiger partial charge in [0, 0.05) is 50.7 Å². The molecule has 0 fully saturated rings. The van der Waals surface area contributed by atoms with E-state index in [-0.39, 0.29) is 57.4 Å². The average molecular weight is 883 g/mol. The quantitative estimate of drug-likeness (QED) is 0.0643. The third kappa shape index (κ3) is 10.5. The van der Waals surface area contributed by atoms with Crippen molar-refractivity contribution in [2.45, 2.75) is 71.2 Å². The SMILES string of the molecule is COCc1cc(-c2cc(COC)c(OCC(O)COc3ccc(C4(c5ccc(OCC(O)CC(C)(C)C)cc5)c5ccccc5-c5ccccc54)cc3)c(COC)c2)cc(COC)c1O. The number of phenolic OH excluding ortho intramolecular Hbond substituents is 1. The molecule has 7 rings (SSSR count). The molecule has 0 aromatic heterocycles. The monoisotopic (exact) mass is 882 g/mol. The minimum Gasteiger partial charge on any atom is -0.507 e. The Morgan fingerprint density at radius 1 is 0.492 bits per heavy atom. The van der Waals surface area contributed by atoms with Crippen molar-refractivity contribution < 1.29 is 48.5 Å². The number of aromatic hydroxyl groups is 1. The van der Waals surface area contributed by atoms with Gasteiger partial charge in [-0.15, -0.1) is 0 Å². The largest absolute Gasteiger partial charge is 0.507 e. The Hall–Kier alpha value is -5.72. The third-order valence-electron chi connectivity index (χ3n) is 11.7. The summed E-state index contributed by atoms with van der Waals surface area (Å²) in [6.07, 6.45) is -0.874. The highest BCUT2D eigenvalue weighted by molar-refractivity contribution is 5.86. The van der Waals surface area contributed by atoms with Gasteiger partial charge in [0.25, 0.3) is 0 Å². The van der Waals surface area contributed by atoms with Gasteiger partial charge in [-0.3, -0.25) is 0 Å². The summed E-state index contributed by atoms with van der Waals surface area (Å²) in [4.78, 5) is 0. The summed E-state index contributed by atoms with van der Waals surface area (Å²) in [7, 11) is 6.41. The Balaban J connectivity index is 1.10. The fourth-order valence-corrected chi connectivity index (χ4v) is 9.09. The molecule has 2 atom stereocenters. The molecule has 0 bridgehead atoms. The molecule has 3 N–H and O–H groups in total. The molecule has 0 heterocycles. The molecule has 1 aliphatic carbocycles. The number of aliphatic hydroxyl groups excluding tert-OH is 2. The predicted octanol–water partition coefficient (Wildman–Crippen LogP) is 10.0. The van der Waals surface area contributed by atoms with Crippen LogP contribution in [-0.4, -0.2) is 75.8 Å². The van der Waals surface area contributed by atoms with Gasteiger partial charge in [-0.25, -0.2) is 0 Å². The predicted molar refractivity (Wildman–Crippen MR) is 253 cm³/mol. The Kier molecular flexibility index (Phi) is 15.3. The Morgan fingerprint density at radius 2 is 0.877 bits per heavy atom. The van der Waals surface area contributed by atoms with Gasteiger partial charge in [0.1, 0.15) is 48.9 Å². The van der Waals surface area contributed by atoms with Crippen molar-refractivity contribution >= 4 is 0 Å². The van der Waals surface area contributed by atoms with Gasteiger partial charge in [0.05, 0.1) is 37.9 Å². The first-order valence-corrected chi connectivity index (χ1v) is 22.0. The van der Waals surface area contributed by atoms with E-state index in [9.17, 15) is 15.3 Å². The van der Waals surface area contributed by atoms with Crippen LogP contribution in [-0.2, 0) is 50.8 Å². The lowest BCUT2D eigenvalue weighted by Crippen LogP contribution is -2.28. The van der Waals surface area contributed by atoms with Gasteiger partial charge in [0.15, 0.2) is 0 Å². The molecule has 65 heavy (non-hydrogen) atoms. The zero-order valence-electron chi connectivity index (χ0n) is 38.6. The van der Waals surface area contributed by atoms with Crippen LogP contribution in [0.25, 0.3) is 22.3 Å². The first-order valence-electron chi connectivity index (χ1n) is 22.0. The zero-order chi connectivity index (χ0) is 46.1. The highest BCUT2D eigenvalue weighted by Crippen LogP contribution is 2.56. The molecule has 6 aromatic rings. The normalized spacial score (nSPS) is 13.8. The maximum absolute atomic E-state index is 11.2. The van der Waals surface area contributed by atoms with E-state index in [1.807, 2.05) is 48.5 Å². The Labute approximate surface area is 383 Å². The standard InChI is InChI=1S/C55H62O10/c1-54(2,3)28-44(56)33-63-46-20-16-42(17-21-46)55(50-14-10-8-12-48(50)49-13-9-11-15-51(49)55)43-18-22-47(23-19-43)64-34-45(57)35-65-53-40(31-61-6)26-37(27-41(53)32-62-7)36-24-38(29-59-4)52(58)39(25-36)30-60-5/h8-27,44-45,56-58H,28-35H2,1-7H3. The summed E-state index contributed by atoms with van der Waals surface area (Å²) in [5.41, 5.74) is 10.8. The fourth-order valence-electron chi connectivity index (χ4n) is 9.09. The summed E-state index contributed by atoms with van der Waals surface area (Å²) >= 11 is 0. The molecular formula is C55H62O10. The second-order valence-electron chi connectivity index (χ2n) is 17.9. The van der Waals surface area contributed by atoms with Crippen molar-refractivity contribution in [3.8, 4) is 45.3 Å².